The summed E-state index contributed by atoms with van der Waals surface area (Å²) in [6.07, 6.45) is -0.0474. The lowest BCUT2D eigenvalue weighted by Crippen LogP contribution is -2.32. The van der Waals surface area contributed by atoms with Crippen molar-refractivity contribution >= 4 is 16.8 Å². The summed E-state index contributed by atoms with van der Waals surface area (Å²) < 4.78 is 10.6. The Hall–Kier alpha value is -4.05. The molecule has 9 nitrogen and oxygen atoms in total. The van der Waals surface area contributed by atoms with E-state index in [0.29, 0.717) is 41.4 Å². The second-order valence-electron chi connectivity index (χ2n) is 9.54. The van der Waals surface area contributed by atoms with Crippen molar-refractivity contribution in [2.45, 2.75) is 38.6 Å². The average Bonchev–Trinajstić information content (AvgIpc) is 3.38. The Morgan fingerprint density at radius 1 is 1.00 bits per heavy atom. The fourth-order valence-corrected chi connectivity index (χ4v) is 4.50. The number of hydrogen-bond donors (Lipinski definition) is 6. The molecule has 0 spiro atoms. The van der Waals surface area contributed by atoms with E-state index in [0.717, 1.165) is 28.5 Å². The maximum atomic E-state index is 12.8. The zero-order valence-electron chi connectivity index (χ0n) is 22.3. The van der Waals surface area contributed by atoms with Gasteiger partial charge in [0.15, 0.2) is 0 Å². The van der Waals surface area contributed by atoms with Crippen LogP contribution < -0.4 is 20.1 Å². The molecule has 0 aliphatic heterocycles. The molecule has 39 heavy (non-hydrogen) atoms. The molecular formula is C30H35N3O6. The number of methoxy groups -OCH3 is 2. The highest BCUT2D eigenvalue weighted by atomic mass is 16.5. The molecule has 0 bridgehead atoms. The number of aromatic hydroxyl groups is 1. The van der Waals surface area contributed by atoms with Crippen molar-refractivity contribution in [3.8, 4) is 17.2 Å². The number of ether oxygens (including phenoxy) is 2. The molecule has 0 saturated heterocycles. The van der Waals surface area contributed by atoms with Gasteiger partial charge in [0.05, 0.1) is 26.9 Å². The van der Waals surface area contributed by atoms with E-state index in [9.17, 15) is 20.1 Å². The minimum atomic E-state index is -0.774. The van der Waals surface area contributed by atoms with Gasteiger partial charge in [0, 0.05) is 47.2 Å². The molecule has 6 N–H and O–H groups in total. The van der Waals surface area contributed by atoms with Crippen LogP contribution in [0.25, 0.3) is 10.9 Å². The summed E-state index contributed by atoms with van der Waals surface area (Å²) in [6, 6.07) is 18.1. The van der Waals surface area contributed by atoms with E-state index in [4.69, 9.17) is 9.47 Å². The molecule has 3 aromatic carbocycles. The van der Waals surface area contributed by atoms with Crippen molar-refractivity contribution in [2.24, 2.45) is 0 Å². The number of aromatic amines is 1. The van der Waals surface area contributed by atoms with E-state index < -0.39 is 6.10 Å². The van der Waals surface area contributed by atoms with Gasteiger partial charge in [0.2, 0.25) is 0 Å². The maximum absolute atomic E-state index is 12.8. The number of hydrogen-bond acceptors (Lipinski definition) is 7. The van der Waals surface area contributed by atoms with Gasteiger partial charge in [-0.1, -0.05) is 12.1 Å². The molecule has 1 aromatic heterocycles. The summed E-state index contributed by atoms with van der Waals surface area (Å²) >= 11 is 0. The standard InChI is InChI=1S/C30H35N3O6/c1-18(31-16-28(36)20-6-9-27(35)23(12-20)17-34)10-19-4-8-25-22(11-19)13-26(33-25)30(37)32-15-21-5-7-24(38-2)14-29(21)39-3/h4-9,11-14,18,28,31,33-36H,10,15-17H2,1-3H3,(H,32,37)/t18-,28-/m1/s1. The molecule has 0 aliphatic rings. The molecule has 4 rings (SSSR count). The average molecular weight is 534 g/mol. The number of aliphatic hydroxyl groups excluding tert-OH is 2. The van der Waals surface area contributed by atoms with Crippen LogP contribution in [0.4, 0.5) is 0 Å². The molecule has 0 unspecified atom stereocenters. The topological polar surface area (TPSA) is 136 Å². The van der Waals surface area contributed by atoms with Gasteiger partial charge in [0.1, 0.15) is 22.9 Å². The van der Waals surface area contributed by atoms with Crippen LogP contribution >= 0.6 is 0 Å². The largest absolute Gasteiger partial charge is 0.508 e. The highest BCUT2D eigenvalue weighted by Gasteiger charge is 2.14. The summed E-state index contributed by atoms with van der Waals surface area (Å²) in [4.78, 5) is 16.0. The van der Waals surface area contributed by atoms with E-state index in [1.807, 2.05) is 37.3 Å². The van der Waals surface area contributed by atoms with Crippen LogP contribution in [0.5, 0.6) is 17.2 Å². The first-order valence-electron chi connectivity index (χ1n) is 12.8. The highest BCUT2D eigenvalue weighted by Crippen LogP contribution is 2.25. The summed E-state index contributed by atoms with van der Waals surface area (Å²) in [5, 5.41) is 36.8. The lowest BCUT2D eigenvalue weighted by molar-refractivity contribution is 0.0946. The van der Waals surface area contributed by atoms with Crippen molar-refractivity contribution in [1.82, 2.24) is 15.6 Å². The minimum Gasteiger partial charge on any atom is -0.508 e. The second kappa shape index (κ2) is 12.7. The third-order valence-electron chi connectivity index (χ3n) is 6.72. The molecule has 0 fully saturated rings. The summed E-state index contributed by atoms with van der Waals surface area (Å²) in [6.45, 7) is 2.38. The fraction of sp³-hybridized carbons (Fsp3) is 0.300. The van der Waals surface area contributed by atoms with E-state index in [1.54, 1.807) is 32.4 Å². The van der Waals surface area contributed by atoms with Gasteiger partial charge in [-0.05, 0) is 66.9 Å². The highest BCUT2D eigenvalue weighted by molar-refractivity contribution is 5.98. The molecule has 0 radical (unpaired) electrons. The quantitative estimate of drug-likeness (QED) is 0.164. The number of benzene rings is 3. The van der Waals surface area contributed by atoms with E-state index in [-0.39, 0.29) is 24.3 Å². The molecule has 9 heteroatoms. The van der Waals surface area contributed by atoms with Crippen LogP contribution in [0.15, 0.2) is 60.7 Å². The monoisotopic (exact) mass is 533 g/mol. The van der Waals surface area contributed by atoms with E-state index in [2.05, 4.69) is 21.7 Å². The first-order chi connectivity index (χ1) is 18.8. The van der Waals surface area contributed by atoms with Crippen molar-refractivity contribution in [1.29, 1.82) is 0 Å². The predicted molar refractivity (Wildman–Crippen MR) is 149 cm³/mol. The number of fused-ring (bicyclic) bond motifs is 1. The zero-order valence-corrected chi connectivity index (χ0v) is 22.3. The first kappa shape index (κ1) is 28.0. The molecule has 2 atom stereocenters. The normalized spacial score (nSPS) is 12.7. The van der Waals surface area contributed by atoms with Gasteiger partial charge in [-0.2, -0.15) is 0 Å². The molecular weight excluding hydrogens is 498 g/mol. The number of carbonyl (C=O) groups is 1. The van der Waals surface area contributed by atoms with Crippen LogP contribution in [0.1, 0.15) is 45.8 Å². The Bertz CT molecular complexity index is 1430. The SMILES string of the molecule is COc1ccc(CNC(=O)c2cc3cc(C[C@@H](C)NC[C@@H](O)c4ccc(O)c(CO)c4)ccc3[nH]2)c(OC)c1. The van der Waals surface area contributed by atoms with Gasteiger partial charge in [0.25, 0.3) is 5.91 Å². The van der Waals surface area contributed by atoms with Crippen molar-refractivity contribution < 1.29 is 29.6 Å². The summed E-state index contributed by atoms with van der Waals surface area (Å²) in [7, 11) is 3.17. The van der Waals surface area contributed by atoms with Crippen LogP contribution in [-0.2, 0) is 19.6 Å². The molecule has 1 amide bonds. The third-order valence-corrected chi connectivity index (χ3v) is 6.72. The lowest BCUT2D eigenvalue weighted by Gasteiger charge is -2.18. The number of carbonyl (C=O) groups excluding carboxylic acids is 1. The van der Waals surface area contributed by atoms with Crippen LogP contribution in [0, 0.1) is 0 Å². The maximum Gasteiger partial charge on any atom is 0.267 e. The molecule has 1 heterocycles. The Morgan fingerprint density at radius 2 is 1.82 bits per heavy atom. The number of H-pyrrole nitrogens is 1. The Morgan fingerprint density at radius 3 is 2.56 bits per heavy atom. The smallest absolute Gasteiger partial charge is 0.267 e. The molecule has 0 aliphatic carbocycles. The fourth-order valence-electron chi connectivity index (χ4n) is 4.50. The van der Waals surface area contributed by atoms with Crippen molar-refractivity contribution in [2.75, 3.05) is 20.8 Å². The number of aromatic nitrogens is 1. The van der Waals surface area contributed by atoms with Gasteiger partial charge in [-0.15, -0.1) is 0 Å². The lowest BCUT2D eigenvalue weighted by atomic mass is 10.0. The minimum absolute atomic E-state index is 0.00744. The number of phenols is 1. The molecule has 206 valence electrons. The van der Waals surface area contributed by atoms with Gasteiger partial charge in [-0.25, -0.2) is 0 Å². The predicted octanol–water partition coefficient (Wildman–Crippen LogP) is 3.57. The number of aliphatic hydroxyl groups is 2. The molecule has 0 saturated carbocycles. The summed E-state index contributed by atoms with van der Waals surface area (Å²) in [5.74, 6) is 1.12. The number of rotatable bonds is 12. The summed E-state index contributed by atoms with van der Waals surface area (Å²) in [5.41, 5.74) is 4.29. The third kappa shape index (κ3) is 6.88. The van der Waals surface area contributed by atoms with Crippen molar-refractivity contribution in [3.05, 3.63) is 88.6 Å². The first-order valence-corrected chi connectivity index (χ1v) is 12.8. The number of amides is 1. The van der Waals surface area contributed by atoms with E-state index in [1.165, 1.54) is 6.07 Å². The number of nitrogens with one attached hydrogen (secondary N) is 3. The van der Waals surface area contributed by atoms with Gasteiger partial charge < -0.3 is 40.4 Å². The van der Waals surface area contributed by atoms with Gasteiger partial charge >= 0.3 is 0 Å². The van der Waals surface area contributed by atoms with Gasteiger partial charge in [-0.3, -0.25) is 4.79 Å². The van der Waals surface area contributed by atoms with Crippen LogP contribution in [0.2, 0.25) is 0 Å². The van der Waals surface area contributed by atoms with E-state index >= 15 is 0 Å². The second-order valence-corrected chi connectivity index (χ2v) is 9.54. The van der Waals surface area contributed by atoms with Crippen molar-refractivity contribution in [3.63, 3.8) is 0 Å². The zero-order chi connectivity index (χ0) is 27.9. The van der Waals surface area contributed by atoms with Crippen LogP contribution in [-0.4, -0.2) is 53.0 Å². The Labute approximate surface area is 227 Å². The van der Waals surface area contributed by atoms with Crippen LogP contribution in [0.3, 0.4) is 0 Å². The molecule has 4 aromatic rings. The Kier molecular flexibility index (Phi) is 9.08. The Balaban J connectivity index is 1.34.